The highest BCUT2D eigenvalue weighted by molar-refractivity contribution is 5.59. The zero-order valence-electron chi connectivity index (χ0n) is 12.3. The van der Waals surface area contributed by atoms with Crippen LogP contribution in [0.15, 0.2) is 24.3 Å². The molecule has 0 spiro atoms. The molecule has 2 fully saturated rings. The van der Waals surface area contributed by atoms with Gasteiger partial charge in [-0.2, -0.15) is 0 Å². The summed E-state index contributed by atoms with van der Waals surface area (Å²) < 4.78 is 0. The van der Waals surface area contributed by atoms with Crippen LogP contribution in [0.2, 0.25) is 0 Å². The lowest BCUT2D eigenvalue weighted by molar-refractivity contribution is 0.203. The molecule has 2 atom stereocenters. The molecule has 2 aliphatic rings. The molecule has 0 saturated carbocycles. The third-order valence-electron chi connectivity index (χ3n) is 4.62. The predicted octanol–water partition coefficient (Wildman–Crippen LogP) is 2.43. The van der Waals surface area contributed by atoms with Crippen LogP contribution in [0.3, 0.4) is 0 Å². The first-order valence-corrected chi connectivity index (χ1v) is 7.43. The van der Waals surface area contributed by atoms with Crippen LogP contribution in [0.25, 0.3) is 0 Å². The molecule has 0 radical (unpaired) electrons. The molecular weight excluding hydrogens is 234 g/mol. The summed E-state index contributed by atoms with van der Waals surface area (Å²) in [5.41, 5.74) is 2.67. The van der Waals surface area contributed by atoms with E-state index in [1.54, 1.807) is 0 Å². The summed E-state index contributed by atoms with van der Waals surface area (Å²) in [6.07, 6.45) is 2.75. The summed E-state index contributed by atoms with van der Waals surface area (Å²) in [4.78, 5) is 7.45. The van der Waals surface area contributed by atoms with Gasteiger partial charge in [0.25, 0.3) is 0 Å². The van der Waals surface area contributed by atoms with Gasteiger partial charge in [-0.25, -0.2) is 0 Å². The fourth-order valence-corrected chi connectivity index (χ4v) is 3.50. The van der Waals surface area contributed by atoms with E-state index >= 15 is 0 Å². The summed E-state index contributed by atoms with van der Waals surface area (Å²) in [6, 6.07) is 10.3. The first-order chi connectivity index (χ1) is 9.15. The maximum atomic E-state index is 2.68. The van der Waals surface area contributed by atoms with Gasteiger partial charge in [0.15, 0.2) is 0 Å². The van der Waals surface area contributed by atoms with Crippen molar-refractivity contribution < 1.29 is 0 Å². The first-order valence-electron chi connectivity index (χ1n) is 7.43. The van der Waals surface area contributed by atoms with Crippen LogP contribution >= 0.6 is 0 Å². The highest BCUT2D eigenvalue weighted by Crippen LogP contribution is 2.30. The predicted molar refractivity (Wildman–Crippen MR) is 82.2 cm³/mol. The standard InChI is InChI=1S/C16H25N3/c1-13-11-18-9-5-8-16(18)12-19(13)15-7-4-6-14(10-15)17(2)3/h4,6-7,10,13,16H,5,8-9,11-12H2,1-3H3. The molecule has 0 aromatic heterocycles. The van der Waals surface area contributed by atoms with Crippen LogP contribution < -0.4 is 9.80 Å². The van der Waals surface area contributed by atoms with Crippen molar-refractivity contribution in [2.75, 3.05) is 43.5 Å². The van der Waals surface area contributed by atoms with Gasteiger partial charge in [-0.05, 0) is 44.5 Å². The molecule has 0 bridgehead atoms. The maximum absolute atomic E-state index is 2.68. The van der Waals surface area contributed by atoms with Gasteiger partial charge in [0.1, 0.15) is 0 Å². The summed E-state index contributed by atoms with van der Waals surface area (Å²) >= 11 is 0. The van der Waals surface area contributed by atoms with Crippen molar-refractivity contribution in [3.63, 3.8) is 0 Å². The fourth-order valence-electron chi connectivity index (χ4n) is 3.50. The van der Waals surface area contributed by atoms with Crippen molar-refractivity contribution in [1.29, 1.82) is 0 Å². The van der Waals surface area contributed by atoms with E-state index in [9.17, 15) is 0 Å². The zero-order valence-corrected chi connectivity index (χ0v) is 12.3. The van der Waals surface area contributed by atoms with Gasteiger partial charge in [-0.1, -0.05) is 6.07 Å². The summed E-state index contributed by atoms with van der Waals surface area (Å²) in [5.74, 6) is 0. The molecular formula is C16H25N3. The van der Waals surface area contributed by atoms with Crippen LogP contribution in [0.5, 0.6) is 0 Å². The maximum Gasteiger partial charge on any atom is 0.0390 e. The number of benzene rings is 1. The Balaban J connectivity index is 1.82. The number of hydrogen-bond donors (Lipinski definition) is 0. The average Bonchev–Trinajstić information content (AvgIpc) is 2.85. The largest absolute Gasteiger partial charge is 0.378 e. The van der Waals surface area contributed by atoms with E-state index in [0.29, 0.717) is 6.04 Å². The van der Waals surface area contributed by atoms with Gasteiger partial charge in [0.05, 0.1) is 0 Å². The molecule has 1 aromatic carbocycles. The van der Waals surface area contributed by atoms with Crippen LogP contribution in [0.4, 0.5) is 11.4 Å². The van der Waals surface area contributed by atoms with Gasteiger partial charge in [-0.15, -0.1) is 0 Å². The van der Waals surface area contributed by atoms with E-state index < -0.39 is 0 Å². The Bertz CT molecular complexity index is 443. The van der Waals surface area contributed by atoms with Crippen molar-refractivity contribution in [3.05, 3.63) is 24.3 Å². The van der Waals surface area contributed by atoms with Gasteiger partial charge in [0, 0.05) is 50.6 Å². The van der Waals surface area contributed by atoms with Crippen molar-refractivity contribution in [2.45, 2.75) is 31.8 Å². The molecule has 0 amide bonds. The van der Waals surface area contributed by atoms with E-state index in [4.69, 9.17) is 0 Å². The summed E-state index contributed by atoms with van der Waals surface area (Å²) in [6.45, 7) is 6.08. The van der Waals surface area contributed by atoms with Crippen LogP contribution in [0, 0.1) is 0 Å². The number of fused-ring (bicyclic) bond motifs is 1. The summed E-state index contributed by atoms with van der Waals surface area (Å²) in [7, 11) is 4.22. The lowest BCUT2D eigenvalue weighted by atomic mass is 10.1. The second-order valence-electron chi connectivity index (χ2n) is 6.21. The average molecular weight is 259 g/mol. The number of rotatable bonds is 2. The third-order valence-corrected chi connectivity index (χ3v) is 4.62. The molecule has 2 unspecified atom stereocenters. The lowest BCUT2D eigenvalue weighted by Crippen LogP contribution is -2.55. The van der Waals surface area contributed by atoms with E-state index in [0.717, 1.165) is 6.04 Å². The minimum Gasteiger partial charge on any atom is -0.378 e. The van der Waals surface area contributed by atoms with Crippen molar-refractivity contribution >= 4 is 11.4 Å². The Morgan fingerprint density at radius 1 is 1.21 bits per heavy atom. The molecule has 3 nitrogen and oxygen atoms in total. The normalized spacial score (nSPS) is 27.4. The van der Waals surface area contributed by atoms with Gasteiger partial charge in [0.2, 0.25) is 0 Å². The lowest BCUT2D eigenvalue weighted by Gasteiger charge is -2.43. The van der Waals surface area contributed by atoms with Gasteiger partial charge in [-0.3, -0.25) is 4.90 Å². The third kappa shape index (κ3) is 2.44. The molecule has 3 rings (SSSR count). The van der Waals surface area contributed by atoms with Crippen molar-refractivity contribution in [3.8, 4) is 0 Å². The molecule has 0 N–H and O–H groups in total. The van der Waals surface area contributed by atoms with E-state index in [-0.39, 0.29) is 0 Å². The molecule has 0 aliphatic carbocycles. The van der Waals surface area contributed by atoms with Gasteiger partial charge < -0.3 is 9.80 Å². The molecule has 2 heterocycles. The smallest absolute Gasteiger partial charge is 0.0390 e. The molecule has 2 aliphatic heterocycles. The van der Waals surface area contributed by atoms with Crippen molar-refractivity contribution in [1.82, 2.24) is 4.90 Å². The number of nitrogens with zero attached hydrogens (tertiary/aromatic N) is 3. The summed E-state index contributed by atoms with van der Waals surface area (Å²) in [5, 5.41) is 0. The SMILES string of the molecule is CC1CN2CCCC2CN1c1cccc(N(C)C)c1. The zero-order chi connectivity index (χ0) is 13.4. The highest BCUT2D eigenvalue weighted by atomic mass is 15.3. The second-order valence-corrected chi connectivity index (χ2v) is 6.21. The quantitative estimate of drug-likeness (QED) is 0.807. The number of piperazine rings is 1. The second kappa shape index (κ2) is 5.04. The van der Waals surface area contributed by atoms with E-state index in [1.165, 1.54) is 43.9 Å². The van der Waals surface area contributed by atoms with Crippen LogP contribution in [-0.2, 0) is 0 Å². The minimum atomic E-state index is 0.617. The number of hydrogen-bond acceptors (Lipinski definition) is 3. The van der Waals surface area contributed by atoms with E-state index in [2.05, 4.69) is 60.0 Å². The Kier molecular flexibility index (Phi) is 3.40. The van der Waals surface area contributed by atoms with Crippen LogP contribution in [0.1, 0.15) is 19.8 Å². The topological polar surface area (TPSA) is 9.72 Å². The molecule has 1 aromatic rings. The first kappa shape index (κ1) is 12.8. The Morgan fingerprint density at radius 3 is 2.84 bits per heavy atom. The fraction of sp³-hybridized carbons (Fsp3) is 0.625. The number of anilines is 2. The molecule has 19 heavy (non-hydrogen) atoms. The monoisotopic (exact) mass is 259 g/mol. The Labute approximate surface area is 116 Å². The molecule has 3 heteroatoms. The minimum absolute atomic E-state index is 0.617. The molecule has 2 saturated heterocycles. The van der Waals surface area contributed by atoms with Crippen molar-refractivity contribution in [2.24, 2.45) is 0 Å². The molecule has 104 valence electrons. The van der Waals surface area contributed by atoms with Crippen LogP contribution in [-0.4, -0.2) is 50.7 Å². The van der Waals surface area contributed by atoms with E-state index in [1.807, 2.05) is 0 Å². The van der Waals surface area contributed by atoms with Gasteiger partial charge >= 0.3 is 0 Å². The highest BCUT2D eigenvalue weighted by Gasteiger charge is 2.34. The Morgan fingerprint density at radius 2 is 2.05 bits per heavy atom. The Hall–Kier alpha value is -1.22.